The molecule has 4 rings (SSSR count). The average molecular weight is 434 g/mol. The third kappa shape index (κ3) is 4.24. The minimum Gasteiger partial charge on any atom is -0.385 e. The molecule has 0 aliphatic carbocycles. The highest BCUT2D eigenvalue weighted by atomic mass is 35.5. The maximum atomic E-state index is 10.9. The smallest absolute Gasteiger partial charge is 0.130 e. The zero-order valence-electron chi connectivity index (χ0n) is 17.1. The van der Waals surface area contributed by atoms with E-state index in [0.717, 1.165) is 37.4 Å². The Kier molecular flexibility index (Phi) is 6.14. The number of hydrogen-bond acceptors (Lipinski definition) is 3. The third-order valence-electron chi connectivity index (χ3n) is 5.61. The maximum absolute atomic E-state index is 10.9. The van der Waals surface area contributed by atoms with Gasteiger partial charge in [-0.05, 0) is 59.9 Å². The molecule has 4 aromatic rings. The van der Waals surface area contributed by atoms with E-state index in [1.807, 2.05) is 50.2 Å². The van der Waals surface area contributed by atoms with E-state index in [4.69, 9.17) is 11.6 Å². The van der Waals surface area contributed by atoms with Crippen LogP contribution in [0.5, 0.6) is 0 Å². The highest BCUT2D eigenvalue weighted by Crippen LogP contribution is 2.36. The molecule has 0 fully saturated rings. The van der Waals surface area contributed by atoms with Crippen molar-refractivity contribution in [2.24, 2.45) is 0 Å². The van der Waals surface area contributed by atoms with E-state index in [9.17, 15) is 5.11 Å². The Hall–Kier alpha value is -2.33. The monoisotopic (exact) mass is 433 g/mol. The number of rotatable bonds is 6. The molecule has 0 saturated carbocycles. The summed E-state index contributed by atoms with van der Waals surface area (Å²) in [6.07, 6.45) is 1.39. The Balaban J connectivity index is 1.70. The number of aliphatic hydroxyl groups is 1. The summed E-state index contributed by atoms with van der Waals surface area (Å²) < 4.78 is 0. The summed E-state index contributed by atoms with van der Waals surface area (Å²) in [6, 6.07) is 26.6. The predicted octanol–water partition coefficient (Wildman–Crippen LogP) is 7.71. The molecule has 2 nitrogen and oxygen atoms in total. The molecule has 1 aromatic heterocycles. The van der Waals surface area contributed by atoms with Crippen LogP contribution in [-0.4, -0.2) is 10.1 Å². The highest BCUT2D eigenvalue weighted by molar-refractivity contribution is 7.99. The van der Waals surface area contributed by atoms with Crippen molar-refractivity contribution in [3.05, 3.63) is 89.6 Å². The zero-order chi connectivity index (χ0) is 21.1. The number of hydrogen-bond donors (Lipinski definition) is 1. The maximum Gasteiger partial charge on any atom is 0.130 e. The molecule has 152 valence electrons. The number of benzene rings is 3. The van der Waals surface area contributed by atoms with Crippen molar-refractivity contribution in [3.8, 4) is 11.1 Å². The SMILES string of the molecule is CCC(O)(CC)c1cccc(Sc2ccc3c(-c4ccccc4)cc(Cl)nc3c2)c1. The molecule has 0 spiro atoms. The van der Waals surface area contributed by atoms with Gasteiger partial charge in [-0.2, -0.15) is 0 Å². The highest BCUT2D eigenvalue weighted by Gasteiger charge is 2.24. The Bertz CT molecular complexity index is 1170. The second kappa shape index (κ2) is 8.81. The van der Waals surface area contributed by atoms with Crippen molar-refractivity contribution in [1.82, 2.24) is 4.98 Å². The lowest BCUT2D eigenvalue weighted by Gasteiger charge is -2.26. The fraction of sp³-hybridized carbons (Fsp3) is 0.192. The fourth-order valence-corrected chi connectivity index (χ4v) is 4.85. The predicted molar refractivity (Wildman–Crippen MR) is 127 cm³/mol. The van der Waals surface area contributed by atoms with Gasteiger partial charge in [-0.25, -0.2) is 4.98 Å². The normalized spacial score (nSPS) is 11.7. The van der Waals surface area contributed by atoms with Crippen molar-refractivity contribution < 1.29 is 5.11 Å². The Labute approximate surface area is 186 Å². The molecule has 0 unspecified atom stereocenters. The van der Waals surface area contributed by atoms with Gasteiger partial charge in [0.15, 0.2) is 0 Å². The lowest BCUT2D eigenvalue weighted by atomic mass is 9.89. The lowest BCUT2D eigenvalue weighted by Crippen LogP contribution is -2.23. The summed E-state index contributed by atoms with van der Waals surface area (Å²) in [4.78, 5) is 6.74. The van der Waals surface area contributed by atoms with Gasteiger partial charge in [0, 0.05) is 15.2 Å². The van der Waals surface area contributed by atoms with E-state index in [2.05, 4.69) is 47.4 Å². The summed E-state index contributed by atoms with van der Waals surface area (Å²) in [5, 5.41) is 12.4. The zero-order valence-corrected chi connectivity index (χ0v) is 18.7. The Morgan fingerprint density at radius 3 is 2.33 bits per heavy atom. The van der Waals surface area contributed by atoms with E-state index >= 15 is 0 Å². The van der Waals surface area contributed by atoms with Crippen LogP contribution in [0.1, 0.15) is 32.3 Å². The van der Waals surface area contributed by atoms with Crippen LogP contribution in [0, 0.1) is 0 Å². The van der Waals surface area contributed by atoms with Crippen LogP contribution in [0.2, 0.25) is 5.15 Å². The van der Waals surface area contributed by atoms with Gasteiger partial charge < -0.3 is 5.11 Å². The second-order valence-corrected chi connectivity index (χ2v) is 8.94. The summed E-state index contributed by atoms with van der Waals surface area (Å²) in [5.74, 6) is 0. The average Bonchev–Trinajstić information content (AvgIpc) is 2.78. The molecule has 0 aliphatic rings. The van der Waals surface area contributed by atoms with Crippen LogP contribution < -0.4 is 0 Å². The molecule has 0 bridgehead atoms. The van der Waals surface area contributed by atoms with Gasteiger partial charge in [0.1, 0.15) is 5.15 Å². The van der Waals surface area contributed by atoms with Crippen LogP contribution in [0.15, 0.2) is 88.7 Å². The summed E-state index contributed by atoms with van der Waals surface area (Å²) in [7, 11) is 0. The number of pyridine rings is 1. The van der Waals surface area contributed by atoms with Crippen molar-refractivity contribution in [1.29, 1.82) is 0 Å². The molecule has 4 heteroatoms. The van der Waals surface area contributed by atoms with Crippen molar-refractivity contribution in [2.75, 3.05) is 0 Å². The van der Waals surface area contributed by atoms with Gasteiger partial charge in [-0.15, -0.1) is 0 Å². The van der Waals surface area contributed by atoms with Gasteiger partial charge in [0.05, 0.1) is 11.1 Å². The first-order valence-electron chi connectivity index (χ1n) is 10.2. The number of aromatic nitrogens is 1. The van der Waals surface area contributed by atoms with Crippen LogP contribution >= 0.6 is 23.4 Å². The molecule has 30 heavy (non-hydrogen) atoms. The van der Waals surface area contributed by atoms with Crippen LogP contribution in [0.25, 0.3) is 22.0 Å². The third-order valence-corrected chi connectivity index (χ3v) is 6.78. The molecule has 3 aromatic carbocycles. The minimum atomic E-state index is -0.778. The first kappa shape index (κ1) is 20.9. The summed E-state index contributed by atoms with van der Waals surface area (Å²) in [5.41, 5.74) is 3.27. The summed E-state index contributed by atoms with van der Waals surface area (Å²) >= 11 is 8.01. The number of nitrogens with zero attached hydrogens (tertiary/aromatic N) is 1. The number of fused-ring (bicyclic) bond motifs is 1. The van der Waals surface area contributed by atoms with E-state index in [0.29, 0.717) is 18.0 Å². The van der Waals surface area contributed by atoms with Crippen LogP contribution in [0.3, 0.4) is 0 Å². The fourth-order valence-electron chi connectivity index (χ4n) is 3.74. The minimum absolute atomic E-state index is 0.487. The van der Waals surface area contributed by atoms with Gasteiger partial charge in [0.25, 0.3) is 0 Å². The van der Waals surface area contributed by atoms with Gasteiger partial charge in [-0.3, -0.25) is 0 Å². The largest absolute Gasteiger partial charge is 0.385 e. The van der Waals surface area contributed by atoms with Gasteiger partial charge in [0.2, 0.25) is 0 Å². The molecular weight excluding hydrogens is 410 g/mol. The lowest BCUT2D eigenvalue weighted by molar-refractivity contribution is 0.0282. The topological polar surface area (TPSA) is 33.1 Å². The second-order valence-electron chi connectivity index (χ2n) is 7.41. The Morgan fingerprint density at radius 1 is 0.867 bits per heavy atom. The molecule has 0 atom stereocenters. The van der Waals surface area contributed by atoms with Crippen LogP contribution in [-0.2, 0) is 5.60 Å². The van der Waals surface area contributed by atoms with Crippen LogP contribution in [0.4, 0.5) is 0 Å². The van der Waals surface area contributed by atoms with E-state index < -0.39 is 5.60 Å². The van der Waals surface area contributed by atoms with E-state index in [-0.39, 0.29) is 0 Å². The van der Waals surface area contributed by atoms with Crippen molar-refractivity contribution in [2.45, 2.75) is 42.1 Å². The Morgan fingerprint density at radius 2 is 1.60 bits per heavy atom. The van der Waals surface area contributed by atoms with Gasteiger partial charge >= 0.3 is 0 Å². The molecule has 0 radical (unpaired) electrons. The van der Waals surface area contributed by atoms with E-state index in [1.165, 1.54) is 0 Å². The molecular formula is C26H24ClNOS. The molecule has 0 saturated heterocycles. The molecule has 0 amide bonds. The molecule has 1 N–H and O–H groups in total. The number of halogens is 1. The first-order chi connectivity index (χ1) is 14.5. The van der Waals surface area contributed by atoms with Gasteiger partial charge in [-0.1, -0.05) is 85.7 Å². The van der Waals surface area contributed by atoms with Crippen molar-refractivity contribution >= 4 is 34.3 Å². The quantitative estimate of drug-likeness (QED) is 0.316. The van der Waals surface area contributed by atoms with Crippen molar-refractivity contribution in [3.63, 3.8) is 0 Å². The molecule has 0 aliphatic heterocycles. The first-order valence-corrected chi connectivity index (χ1v) is 11.4. The summed E-state index contributed by atoms with van der Waals surface area (Å²) in [6.45, 7) is 4.04. The standard InChI is InChI=1S/C26H24ClNOS/c1-3-26(29,4-2)19-11-8-12-20(15-19)30-21-13-14-22-23(18-9-6-5-7-10-18)17-25(27)28-24(22)16-21/h5-17,29H,3-4H2,1-2H3. The molecule has 1 heterocycles. The van der Waals surface area contributed by atoms with E-state index in [1.54, 1.807) is 11.8 Å².